The molecular formula is C18H14Cl2N2O2. The molecule has 0 saturated carbocycles. The van der Waals surface area contributed by atoms with E-state index in [9.17, 15) is 4.79 Å². The standard InChI is InChI=1S/C18H14Cl2N2O2/c1-11-15(9-12-8-13(19)10-16(20)17(12)24-2)18(23)22(21-11)14-6-4-3-5-7-14/h3-10H,1-2H3. The molecule has 0 unspecified atom stereocenters. The number of halogens is 2. The van der Waals surface area contributed by atoms with Gasteiger partial charge in [-0.15, -0.1) is 0 Å². The predicted octanol–water partition coefficient (Wildman–Crippen LogP) is 4.81. The zero-order chi connectivity index (χ0) is 17.3. The normalized spacial score (nSPS) is 15.8. The minimum atomic E-state index is -0.211. The molecule has 6 heteroatoms. The molecule has 1 aliphatic rings. The van der Waals surface area contributed by atoms with Crippen molar-refractivity contribution in [2.75, 3.05) is 12.1 Å². The van der Waals surface area contributed by atoms with E-state index >= 15 is 0 Å². The summed E-state index contributed by atoms with van der Waals surface area (Å²) < 4.78 is 5.32. The largest absolute Gasteiger partial charge is 0.495 e. The molecule has 0 saturated heterocycles. The number of carbonyl (C=O) groups is 1. The Hall–Kier alpha value is -2.30. The van der Waals surface area contributed by atoms with Crippen LogP contribution >= 0.6 is 23.2 Å². The van der Waals surface area contributed by atoms with Crippen LogP contribution < -0.4 is 9.75 Å². The van der Waals surface area contributed by atoms with Gasteiger partial charge in [0.1, 0.15) is 5.75 Å². The van der Waals surface area contributed by atoms with E-state index in [0.717, 1.165) is 0 Å². The lowest BCUT2D eigenvalue weighted by molar-refractivity contribution is -0.114. The summed E-state index contributed by atoms with van der Waals surface area (Å²) in [5, 5.41) is 6.57. The third-order valence-corrected chi connectivity index (χ3v) is 4.10. The van der Waals surface area contributed by atoms with Crippen LogP contribution in [0, 0.1) is 0 Å². The number of benzene rings is 2. The van der Waals surface area contributed by atoms with Crippen LogP contribution in [0.25, 0.3) is 6.08 Å². The number of nitrogens with zero attached hydrogens (tertiary/aromatic N) is 2. The second-order valence-corrected chi connectivity index (χ2v) is 6.05. The summed E-state index contributed by atoms with van der Waals surface area (Å²) in [6.07, 6.45) is 1.70. The summed E-state index contributed by atoms with van der Waals surface area (Å²) in [5.41, 5.74) is 2.42. The van der Waals surface area contributed by atoms with E-state index in [1.807, 2.05) is 30.3 Å². The molecule has 1 heterocycles. The van der Waals surface area contributed by atoms with Gasteiger partial charge in [-0.05, 0) is 37.3 Å². The Balaban J connectivity index is 2.04. The molecular weight excluding hydrogens is 347 g/mol. The first kappa shape index (κ1) is 16.6. The van der Waals surface area contributed by atoms with Gasteiger partial charge in [0, 0.05) is 10.6 Å². The van der Waals surface area contributed by atoms with Gasteiger partial charge < -0.3 is 4.74 Å². The first-order chi connectivity index (χ1) is 11.5. The minimum absolute atomic E-state index is 0.211. The molecule has 3 rings (SSSR count). The molecule has 0 bridgehead atoms. The van der Waals surface area contributed by atoms with Crippen molar-refractivity contribution in [2.45, 2.75) is 6.92 Å². The van der Waals surface area contributed by atoms with Gasteiger partial charge in [-0.2, -0.15) is 10.1 Å². The second-order valence-electron chi connectivity index (χ2n) is 5.21. The van der Waals surface area contributed by atoms with Crippen molar-refractivity contribution in [2.24, 2.45) is 5.10 Å². The van der Waals surface area contributed by atoms with Crippen LogP contribution in [0.1, 0.15) is 12.5 Å². The lowest BCUT2D eigenvalue weighted by atomic mass is 10.1. The van der Waals surface area contributed by atoms with E-state index in [2.05, 4.69) is 5.10 Å². The van der Waals surface area contributed by atoms with Crippen molar-refractivity contribution in [3.63, 3.8) is 0 Å². The first-order valence-corrected chi connectivity index (χ1v) is 7.96. The fourth-order valence-electron chi connectivity index (χ4n) is 2.49. The summed E-state index contributed by atoms with van der Waals surface area (Å²) in [7, 11) is 1.52. The van der Waals surface area contributed by atoms with Crippen molar-refractivity contribution < 1.29 is 9.53 Å². The second kappa shape index (κ2) is 6.67. The first-order valence-electron chi connectivity index (χ1n) is 7.21. The highest BCUT2D eigenvalue weighted by Crippen LogP contribution is 2.34. The number of amides is 1. The number of ether oxygens (including phenoxy) is 1. The summed E-state index contributed by atoms with van der Waals surface area (Å²) in [6, 6.07) is 12.5. The van der Waals surface area contributed by atoms with Gasteiger partial charge in [-0.1, -0.05) is 41.4 Å². The van der Waals surface area contributed by atoms with Crippen molar-refractivity contribution in [3.8, 4) is 5.75 Å². The van der Waals surface area contributed by atoms with E-state index in [1.165, 1.54) is 12.1 Å². The molecule has 1 amide bonds. The molecule has 24 heavy (non-hydrogen) atoms. The number of anilines is 1. The van der Waals surface area contributed by atoms with Crippen LogP contribution in [0.2, 0.25) is 10.0 Å². The van der Waals surface area contributed by atoms with Crippen molar-refractivity contribution >= 4 is 46.6 Å². The number of methoxy groups -OCH3 is 1. The van der Waals surface area contributed by atoms with Gasteiger partial charge in [-0.3, -0.25) is 4.79 Å². The summed E-state index contributed by atoms with van der Waals surface area (Å²) in [5.74, 6) is 0.254. The molecule has 2 aromatic rings. The quantitative estimate of drug-likeness (QED) is 0.737. The van der Waals surface area contributed by atoms with Gasteiger partial charge >= 0.3 is 0 Å². The SMILES string of the molecule is COc1c(Cl)cc(Cl)cc1C=C1C(=O)N(c2ccccc2)N=C1C. The summed E-state index contributed by atoms with van der Waals surface area (Å²) >= 11 is 12.2. The Kier molecular flexibility index (Phi) is 4.60. The average Bonchev–Trinajstić information content (AvgIpc) is 2.83. The van der Waals surface area contributed by atoms with Crippen LogP contribution in [0.5, 0.6) is 5.75 Å². The lowest BCUT2D eigenvalue weighted by Gasteiger charge is -2.11. The fourth-order valence-corrected chi connectivity index (χ4v) is 3.07. The van der Waals surface area contributed by atoms with Gasteiger partial charge in [0.25, 0.3) is 5.91 Å². The molecule has 0 aromatic heterocycles. The maximum absolute atomic E-state index is 12.7. The zero-order valence-electron chi connectivity index (χ0n) is 13.1. The van der Waals surface area contributed by atoms with Crippen molar-refractivity contribution in [1.29, 1.82) is 0 Å². The Bertz CT molecular complexity index is 861. The van der Waals surface area contributed by atoms with Crippen LogP contribution in [-0.4, -0.2) is 18.7 Å². The molecule has 0 radical (unpaired) electrons. The molecule has 0 atom stereocenters. The van der Waals surface area contributed by atoms with Gasteiger partial charge in [-0.25, -0.2) is 0 Å². The highest BCUT2D eigenvalue weighted by molar-refractivity contribution is 6.36. The van der Waals surface area contributed by atoms with Gasteiger partial charge in [0.05, 0.1) is 29.1 Å². The van der Waals surface area contributed by atoms with E-state index in [1.54, 1.807) is 25.1 Å². The Labute approximate surface area is 149 Å². The van der Waals surface area contributed by atoms with Crippen molar-refractivity contribution in [1.82, 2.24) is 0 Å². The number of rotatable bonds is 3. The van der Waals surface area contributed by atoms with Crippen LogP contribution in [0.4, 0.5) is 5.69 Å². The Morgan fingerprint density at radius 2 is 1.88 bits per heavy atom. The van der Waals surface area contributed by atoms with Crippen molar-refractivity contribution in [3.05, 3.63) is 63.6 Å². The number of hydrogen-bond donors (Lipinski definition) is 0. The van der Waals surface area contributed by atoms with E-state index in [4.69, 9.17) is 27.9 Å². The molecule has 0 aliphatic carbocycles. The molecule has 2 aromatic carbocycles. The monoisotopic (exact) mass is 360 g/mol. The summed E-state index contributed by atoms with van der Waals surface area (Å²) in [6.45, 7) is 1.78. The fraction of sp³-hybridized carbons (Fsp3) is 0.111. The third kappa shape index (κ3) is 3.03. The van der Waals surface area contributed by atoms with E-state index in [-0.39, 0.29) is 5.91 Å². The number of carbonyl (C=O) groups excluding carboxylic acids is 1. The van der Waals surface area contributed by atoms with E-state index < -0.39 is 0 Å². The van der Waals surface area contributed by atoms with E-state index in [0.29, 0.717) is 38.3 Å². The molecule has 0 N–H and O–H groups in total. The van der Waals surface area contributed by atoms with Crippen LogP contribution in [0.3, 0.4) is 0 Å². The molecule has 122 valence electrons. The zero-order valence-corrected chi connectivity index (χ0v) is 14.6. The number of hydrogen-bond acceptors (Lipinski definition) is 3. The lowest BCUT2D eigenvalue weighted by Crippen LogP contribution is -2.21. The smallest absolute Gasteiger partial charge is 0.280 e. The topological polar surface area (TPSA) is 41.9 Å². The molecule has 0 fully saturated rings. The third-order valence-electron chi connectivity index (χ3n) is 3.60. The maximum Gasteiger partial charge on any atom is 0.280 e. The van der Waals surface area contributed by atoms with Gasteiger partial charge in [0.2, 0.25) is 0 Å². The minimum Gasteiger partial charge on any atom is -0.495 e. The highest BCUT2D eigenvalue weighted by Gasteiger charge is 2.29. The Morgan fingerprint density at radius 1 is 1.17 bits per heavy atom. The highest BCUT2D eigenvalue weighted by atomic mass is 35.5. The van der Waals surface area contributed by atoms with Crippen LogP contribution in [-0.2, 0) is 4.79 Å². The molecule has 4 nitrogen and oxygen atoms in total. The van der Waals surface area contributed by atoms with Crippen LogP contribution in [0.15, 0.2) is 53.1 Å². The number of hydrazone groups is 1. The molecule has 0 spiro atoms. The number of para-hydroxylation sites is 1. The average molecular weight is 361 g/mol. The maximum atomic E-state index is 12.7. The predicted molar refractivity (Wildman–Crippen MR) is 98.0 cm³/mol. The van der Waals surface area contributed by atoms with Gasteiger partial charge in [0.15, 0.2) is 0 Å². The molecule has 1 aliphatic heterocycles. The Morgan fingerprint density at radius 3 is 2.54 bits per heavy atom. The summed E-state index contributed by atoms with van der Waals surface area (Å²) in [4.78, 5) is 12.7.